The quantitative estimate of drug-likeness (QED) is 0.795. The Balaban J connectivity index is 2.71. The van der Waals surface area contributed by atoms with E-state index in [4.69, 9.17) is 4.74 Å². The van der Waals surface area contributed by atoms with Crippen molar-refractivity contribution in [3.63, 3.8) is 0 Å². The lowest BCUT2D eigenvalue weighted by Gasteiger charge is -2.20. The fourth-order valence-electron chi connectivity index (χ4n) is 1.53. The number of pyridine rings is 1. The Labute approximate surface area is 102 Å². The van der Waals surface area contributed by atoms with E-state index in [0.29, 0.717) is 12.2 Å². The van der Waals surface area contributed by atoms with Gasteiger partial charge in [-0.3, -0.25) is 4.98 Å². The van der Waals surface area contributed by atoms with Gasteiger partial charge in [0, 0.05) is 11.8 Å². The van der Waals surface area contributed by atoms with Gasteiger partial charge < -0.3 is 10.1 Å². The number of hydrogen-bond acceptors (Lipinski definition) is 3. The van der Waals surface area contributed by atoms with Gasteiger partial charge in [0.05, 0.1) is 24.9 Å². The number of rotatable bonds is 7. The Morgan fingerprint density at radius 1 is 1.47 bits per heavy atom. The number of halogens is 1. The van der Waals surface area contributed by atoms with Crippen LogP contribution in [-0.2, 0) is 4.74 Å². The van der Waals surface area contributed by atoms with Crippen LogP contribution in [0.15, 0.2) is 18.5 Å². The molecule has 1 atom stereocenters. The summed E-state index contributed by atoms with van der Waals surface area (Å²) in [6, 6.07) is 1.59. The van der Waals surface area contributed by atoms with E-state index in [1.165, 1.54) is 6.20 Å². The summed E-state index contributed by atoms with van der Waals surface area (Å²) in [6.45, 7) is 7.34. The molecule has 4 heteroatoms. The van der Waals surface area contributed by atoms with Crippen molar-refractivity contribution in [3.05, 3.63) is 29.8 Å². The minimum atomic E-state index is -0.284. The Bertz CT molecular complexity index is 331. The van der Waals surface area contributed by atoms with Crippen LogP contribution in [0.2, 0.25) is 0 Å². The van der Waals surface area contributed by atoms with Gasteiger partial charge in [-0.25, -0.2) is 4.39 Å². The number of aromatic nitrogens is 1. The fraction of sp³-hybridized carbons (Fsp3) is 0.615. The van der Waals surface area contributed by atoms with E-state index in [2.05, 4.69) is 17.2 Å². The maximum absolute atomic E-state index is 13.6. The van der Waals surface area contributed by atoms with Crippen molar-refractivity contribution in [3.8, 4) is 0 Å². The second-order valence-electron chi connectivity index (χ2n) is 4.29. The average molecular weight is 240 g/mol. The van der Waals surface area contributed by atoms with Crippen LogP contribution in [0.5, 0.6) is 0 Å². The van der Waals surface area contributed by atoms with E-state index < -0.39 is 0 Å². The predicted molar refractivity (Wildman–Crippen MR) is 66.3 cm³/mol. The molecule has 1 heterocycles. The average Bonchev–Trinajstić information content (AvgIpc) is 2.30. The van der Waals surface area contributed by atoms with Crippen LogP contribution in [0.25, 0.3) is 0 Å². The summed E-state index contributed by atoms with van der Waals surface area (Å²) in [5.41, 5.74) is 0.620. The molecule has 0 radical (unpaired) electrons. The third-order valence-corrected chi connectivity index (χ3v) is 2.42. The molecule has 0 aliphatic rings. The van der Waals surface area contributed by atoms with Gasteiger partial charge in [-0.1, -0.05) is 6.92 Å². The van der Waals surface area contributed by atoms with Gasteiger partial charge in [0.25, 0.3) is 0 Å². The molecule has 17 heavy (non-hydrogen) atoms. The molecule has 1 N–H and O–H groups in total. The summed E-state index contributed by atoms with van der Waals surface area (Å²) in [6.07, 6.45) is 4.00. The highest BCUT2D eigenvalue weighted by Gasteiger charge is 2.15. The second-order valence-corrected chi connectivity index (χ2v) is 4.29. The summed E-state index contributed by atoms with van der Waals surface area (Å²) >= 11 is 0. The van der Waals surface area contributed by atoms with E-state index in [9.17, 15) is 4.39 Å². The maximum Gasteiger partial charge on any atom is 0.146 e. The third-order valence-electron chi connectivity index (χ3n) is 2.42. The van der Waals surface area contributed by atoms with Gasteiger partial charge in [0.2, 0.25) is 0 Å². The molecule has 0 bridgehead atoms. The largest absolute Gasteiger partial charge is 0.377 e. The van der Waals surface area contributed by atoms with Gasteiger partial charge in [-0.2, -0.15) is 0 Å². The lowest BCUT2D eigenvalue weighted by Crippen LogP contribution is -2.28. The molecular formula is C13H21FN2O. The van der Waals surface area contributed by atoms with Crippen LogP contribution in [0.4, 0.5) is 4.39 Å². The van der Waals surface area contributed by atoms with Crippen LogP contribution in [0.3, 0.4) is 0 Å². The summed E-state index contributed by atoms with van der Waals surface area (Å²) in [5.74, 6) is -0.284. The minimum Gasteiger partial charge on any atom is -0.377 e. The van der Waals surface area contributed by atoms with Crippen molar-refractivity contribution < 1.29 is 9.13 Å². The van der Waals surface area contributed by atoms with E-state index >= 15 is 0 Å². The molecule has 96 valence electrons. The zero-order chi connectivity index (χ0) is 12.7. The first-order valence-electron chi connectivity index (χ1n) is 6.09. The number of ether oxygens (including phenoxy) is 1. The molecule has 0 aliphatic carbocycles. The number of nitrogens with one attached hydrogen (secondary N) is 1. The molecule has 0 aromatic carbocycles. The molecule has 0 aliphatic heterocycles. The van der Waals surface area contributed by atoms with Crippen molar-refractivity contribution in [1.82, 2.24) is 10.3 Å². The smallest absolute Gasteiger partial charge is 0.146 e. The molecular weight excluding hydrogens is 219 g/mol. The van der Waals surface area contributed by atoms with Gasteiger partial charge >= 0.3 is 0 Å². The summed E-state index contributed by atoms with van der Waals surface area (Å²) < 4.78 is 19.2. The molecule has 0 saturated carbocycles. The van der Waals surface area contributed by atoms with Crippen LogP contribution in [-0.4, -0.2) is 24.2 Å². The van der Waals surface area contributed by atoms with Crippen molar-refractivity contribution in [2.45, 2.75) is 39.3 Å². The first kappa shape index (κ1) is 14.1. The summed E-state index contributed by atoms with van der Waals surface area (Å²) in [5, 5.41) is 3.29. The van der Waals surface area contributed by atoms with Crippen LogP contribution in [0.1, 0.15) is 38.8 Å². The highest BCUT2D eigenvalue weighted by atomic mass is 19.1. The summed E-state index contributed by atoms with van der Waals surface area (Å²) in [4.78, 5) is 3.76. The lowest BCUT2D eigenvalue weighted by molar-refractivity contribution is 0.0604. The zero-order valence-electron chi connectivity index (χ0n) is 10.7. The molecule has 0 saturated heterocycles. The van der Waals surface area contributed by atoms with Crippen molar-refractivity contribution >= 4 is 0 Å². The normalized spacial score (nSPS) is 13.0. The monoisotopic (exact) mass is 240 g/mol. The Hall–Kier alpha value is -1.00. The van der Waals surface area contributed by atoms with Crippen LogP contribution >= 0.6 is 0 Å². The lowest BCUT2D eigenvalue weighted by atomic mass is 10.1. The minimum absolute atomic E-state index is 0.111. The van der Waals surface area contributed by atoms with Crippen molar-refractivity contribution in [1.29, 1.82) is 0 Å². The Morgan fingerprint density at radius 3 is 2.82 bits per heavy atom. The molecule has 0 spiro atoms. The van der Waals surface area contributed by atoms with E-state index in [-0.39, 0.29) is 18.0 Å². The fourth-order valence-corrected chi connectivity index (χ4v) is 1.53. The van der Waals surface area contributed by atoms with E-state index in [1.807, 2.05) is 13.8 Å². The zero-order valence-corrected chi connectivity index (χ0v) is 10.7. The van der Waals surface area contributed by atoms with Crippen LogP contribution < -0.4 is 5.32 Å². The standard InChI is InChI=1S/C13H21FN2O/c1-4-6-16-13(9-17-10(2)3)11-5-7-15-8-12(11)14/h5,7-8,10,13,16H,4,6,9H2,1-3H3. The van der Waals surface area contributed by atoms with E-state index in [1.54, 1.807) is 12.3 Å². The van der Waals surface area contributed by atoms with E-state index in [0.717, 1.165) is 13.0 Å². The van der Waals surface area contributed by atoms with Crippen LogP contribution in [0, 0.1) is 5.82 Å². The van der Waals surface area contributed by atoms with Gasteiger partial charge in [-0.15, -0.1) is 0 Å². The Kier molecular flexibility index (Phi) is 6.08. The van der Waals surface area contributed by atoms with Gasteiger partial charge in [0.15, 0.2) is 0 Å². The van der Waals surface area contributed by atoms with Crippen molar-refractivity contribution in [2.24, 2.45) is 0 Å². The topological polar surface area (TPSA) is 34.1 Å². The van der Waals surface area contributed by atoms with Crippen molar-refractivity contribution in [2.75, 3.05) is 13.2 Å². The molecule has 0 amide bonds. The molecule has 0 fully saturated rings. The molecule has 1 unspecified atom stereocenters. The first-order valence-corrected chi connectivity index (χ1v) is 6.09. The molecule has 3 nitrogen and oxygen atoms in total. The molecule has 1 rings (SSSR count). The third kappa shape index (κ3) is 4.79. The molecule has 1 aromatic heterocycles. The Morgan fingerprint density at radius 2 is 2.24 bits per heavy atom. The van der Waals surface area contributed by atoms with Gasteiger partial charge in [0.1, 0.15) is 5.82 Å². The number of hydrogen-bond donors (Lipinski definition) is 1. The predicted octanol–water partition coefficient (Wildman–Crippen LogP) is 2.69. The van der Waals surface area contributed by atoms with Gasteiger partial charge in [-0.05, 0) is 32.9 Å². The first-order chi connectivity index (χ1) is 8.15. The SMILES string of the molecule is CCCNC(COC(C)C)c1ccncc1F. The second kappa shape index (κ2) is 7.35. The summed E-state index contributed by atoms with van der Waals surface area (Å²) in [7, 11) is 0. The maximum atomic E-state index is 13.6. The highest BCUT2D eigenvalue weighted by Crippen LogP contribution is 2.16. The number of nitrogens with zero attached hydrogens (tertiary/aromatic N) is 1. The molecule has 1 aromatic rings. The highest BCUT2D eigenvalue weighted by molar-refractivity contribution is 5.17.